The molecule has 0 aliphatic rings. The van der Waals surface area contributed by atoms with Gasteiger partial charge in [-0.25, -0.2) is 21.9 Å². The summed E-state index contributed by atoms with van der Waals surface area (Å²) in [4.78, 5) is -0.650. The van der Waals surface area contributed by atoms with Gasteiger partial charge >= 0.3 is 0 Å². The second-order valence-electron chi connectivity index (χ2n) is 5.24. The molecule has 0 aliphatic carbocycles. The van der Waals surface area contributed by atoms with Gasteiger partial charge in [0.2, 0.25) is 10.0 Å². The molecule has 2 aromatic carbocycles. The van der Waals surface area contributed by atoms with Gasteiger partial charge in [-0.05, 0) is 41.6 Å². The molecule has 0 spiro atoms. The Morgan fingerprint density at radius 1 is 1.12 bits per heavy atom. The van der Waals surface area contributed by atoms with Crippen LogP contribution >= 0.6 is 0 Å². The lowest BCUT2D eigenvalue weighted by Gasteiger charge is -2.08. The maximum Gasteiger partial charge on any atom is 0.243 e. The third-order valence-corrected chi connectivity index (χ3v) is 4.85. The fraction of sp³-hybridized carbons (Fsp3) is 0.133. The van der Waals surface area contributed by atoms with Crippen molar-refractivity contribution in [3.63, 3.8) is 0 Å². The Hall–Kier alpha value is -2.72. The molecule has 0 unspecified atom stereocenters. The Balaban J connectivity index is 1.82. The van der Waals surface area contributed by atoms with E-state index in [4.69, 9.17) is 0 Å². The molecular formula is C15H13F2N5O2S. The van der Waals surface area contributed by atoms with E-state index < -0.39 is 26.6 Å². The molecule has 0 bridgehead atoms. The number of nitrogens with zero attached hydrogens (tertiary/aromatic N) is 4. The first-order valence-corrected chi connectivity index (χ1v) is 8.64. The fourth-order valence-electron chi connectivity index (χ4n) is 2.13. The van der Waals surface area contributed by atoms with E-state index in [1.54, 1.807) is 12.1 Å². The molecule has 0 fully saturated rings. The van der Waals surface area contributed by atoms with Gasteiger partial charge in [0.15, 0.2) is 5.82 Å². The average molecular weight is 365 g/mol. The second kappa shape index (κ2) is 6.65. The summed E-state index contributed by atoms with van der Waals surface area (Å²) in [5.74, 6) is -1.82. The summed E-state index contributed by atoms with van der Waals surface area (Å²) in [5.41, 5.74) is 1.70. The van der Waals surface area contributed by atoms with E-state index in [2.05, 4.69) is 20.2 Å². The molecule has 3 rings (SSSR count). The lowest BCUT2D eigenvalue weighted by atomic mass is 10.2. The minimum Gasteiger partial charge on any atom is -0.207 e. The minimum absolute atomic E-state index is 0.218. The van der Waals surface area contributed by atoms with E-state index in [1.807, 2.05) is 19.1 Å². The fourth-order valence-corrected chi connectivity index (χ4v) is 3.17. The van der Waals surface area contributed by atoms with Crippen LogP contribution in [0.1, 0.15) is 11.4 Å². The van der Waals surface area contributed by atoms with Crippen LogP contribution in [0.15, 0.2) is 47.4 Å². The van der Waals surface area contributed by atoms with Crippen LogP contribution in [0, 0.1) is 18.6 Å². The predicted octanol–water partition coefficient (Wildman–Crippen LogP) is 1.73. The third-order valence-electron chi connectivity index (χ3n) is 3.42. The van der Waals surface area contributed by atoms with E-state index in [9.17, 15) is 17.2 Å². The topological polar surface area (TPSA) is 89.8 Å². The molecule has 0 atom stereocenters. The molecule has 10 heteroatoms. The molecule has 0 aliphatic heterocycles. The zero-order valence-corrected chi connectivity index (χ0v) is 13.8. The van der Waals surface area contributed by atoms with Crippen LogP contribution in [0.25, 0.3) is 5.69 Å². The Labute approximate surface area is 142 Å². The summed E-state index contributed by atoms with van der Waals surface area (Å²) in [6.45, 7) is 1.66. The summed E-state index contributed by atoms with van der Waals surface area (Å²) >= 11 is 0. The Morgan fingerprint density at radius 3 is 2.52 bits per heavy atom. The van der Waals surface area contributed by atoms with Crippen LogP contribution in [0.3, 0.4) is 0 Å². The summed E-state index contributed by atoms with van der Waals surface area (Å²) < 4.78 is 54.6. The van der Waals surface area contributed by atoms with E-state index in [-0.39, 0.29) is 12.4 Å². The number of benzene rings is 2. The second-order valence-corrected chi connectivity index (χ2v) is 6.98. The van der Waals surface area contributed by atoms with Crippen LogP contribution in [0.2, 0.25) is 0 Å². The number of aromatic nitrogens is 4. The Morgan fingerprint density at radius 2 is 1.84 bits per heavy atom. The highest BCUT2D eigenvalue weighted by Crippen LogP contribution is 2.16. The van der Waals surface area contributed by atoms with Crippen LogP contribution < -0.4 is 4.72 Å². The van der Waals surface area contributed by atoms with E-state index in [0.717, 1.165) is 17.7 Å². The highest BCUT2D eigenvalue weighted by molar-refractivity contribution is 7.89. The standard InChI is InChI=1S/C15H13F2N5O2S/c1-10-2-5-12(6-3-10)22-15(19-20-21-22)9-18-25(23,24)14-7-4-11(16)8-13(14)17/h2-8,18H,9H2,1H3. The quantitative estimate of drug-likeness (QED) is 0.744. The lowest BCUT2D eigenvalue weighted by molar-refractivity contribution is 0.541. The number of nitrogens with one attached hydrogen (secondary N) is 1. The van der Waals surface area contributed by atoms with Crippen LogP contribution in [-0.4, -0.2) is 28.6 Å². The van der Waals surface area contributed by atoms with Gasteiger partial charge in [-0.15, -0.1) is 5.10 Å². The van der Waals surface area contributed by atoms with Crippen molar-refractivity contribution >= 4 is 10.0 Å². The first-order valence-electron chi connectivity index (χ1n) is 7.16. The van der Waals surface area contributed by atoms with Crippen molar-refractivity contribution in [1.29, 1.82) is 0 Å². The summed E-state index contributed by atoms with van der Waals surface area (Å²) in [6.07, 6.45) is 0. The van der Waals surface area contributed by atoms with Gasteiger partial charge in [-0.2, -0.15) is 4.68 Å². The van der Waals surface area contributed by atoms with Crippen molar-refractivity contribution in [1.82, 2.24) is 24.9 Å². The third kappa shape index (κ3) is 3.69. The number of hydrogen-bond donors (Lipinski definition) is 1. The summed E-state index contributed by atoms with van der Waals surface area (Å²) in [5, 5.41) is 11.1. The minimum atomic E-state index is -4.19. The number of rotatable bonds is 5. The smallest absolute Gasteiger partial charge is 0.207 e. The van der Waals surface area contributed by atoms with Crippen molar-refractivity contribution in [3.8, 4) is 5.69 Å². The Bertz CT molecular complexity index is 1000. The molecule has 0 saturated carbocycles. The van der Waals surface area contributed by atoms with Crippen molar-refractivity contribution in [3.05, 3.63) is 65.5 Å². The molecule has 1 N–H and O–H groups in total. The average Bonchev–Trinajstić information content (AvgIpc) is 3.02. The van der Waals surface area contributed by atoms with Gasteiger partial charge in [0.05, 0.1) is 12.2 Å². The van der Waals surface area contributed by atoms with E-state index in [0.29, 0.717) is 11.8 Å². The largest absolute Gasteiger partial charge is 0.243 e. The normalized spacial score (nSPS) is 11.6. The predicted molar refractivity (Wildman–Crippen MR) is 84.3 cm³/mol. The highest BCUT2D eigenvalue weighted by atomic mass is 32.2. The summed E-state index contributed by atoms with van der Waals surface area (Å²) in [7, 11) is -4.19. The molecule has 7 nitrogen and oxygen atoms in total. The molecule has 25 heavy (non-hydrogen) atoms. The van der Waals surface area contributed by atoms with Crippen molar-refractivity contribution in [2.24, 2.45) is 0 Å². The van der Waals surface area contributed by atoms with Gasteiger partial charge in [0.25, 0.3) is 0 Å². The van der Waals surface area contributed by atoms with Crippen LogP contribution in [0.4, 0.5) is 8.78 Å². The van der Waals surface area contributed by atoms with Crippen LogP contribution in [0.5, 0.6) is 0 Å². The zero-order chi connectivity index (χ0) is 18.0. The molecular weight excluding hydrogens is 352 g/mol. The van der Waals surface area contributed by atoms with Gasteiger partial charge in [0.1, 0.15) is 16.5 Å². The van der Waals surface area contributed by atoms with Crippen molar-refractivity contribution < 1.29 is 17.2 Å². The van der Waals surface area contributed by atoms with Gasteiger partial charge in [-0.3, -0.25) is 0 Å². The number of hydrogen-bond acceptors (Lipinski definition) is 5. The molecule has 1 aromatic heterocycles. The summed E-state index contributed by atoms with van der Waals surface area (Å²) in [6, 6.07) is 9.51. The maximum atomic E-state index is 13.7. The van der Waals surface area contributed by atoms with Crippen molar-refractivity contribution in [2.45, 2.75) is 18.4 Å². The van der Waals surface area contributed by atoms with Crippen LogP contribution in [-0.2, 0) is 16.6 Å². The molecule has 3 aromatic rings. The van der Waals surface area contributed by atoms with Gasteiger partial charge in [-0.1, -0.05) is 17.7 Å². The number of sulfonamides is 1. The SMILES string of the molecule is Cc1ccc(-n2nnnc2CNS(=O)(=O)c2ccc(F)cc2F)cc1. The van der Waals surface area contributed by atoms with Gasteiger partial charge < -0.3 is 0 Å². The highest BCUT2D eigenvalue weighted by Gasteiger charge is 2.20. The van der Waals surface area contributed by atoms with Crippen molar-refractivity contribution in [2.75, 3.05) is 0 Å². The van der Waals surface area contributed by atoms with E-state index >= 15 is 0 Å². The molecule has 0 saturated heterocycles. The Kier molecular flexibility index (Phi) is 4.55. The first-order chi connectivity index (χ1) is 11.9. The number of aryl methyl sites for hydroxylation is 1. The molecule has 0 amide bonds. The lowest BCUT2D eigenvalue weighted by Crippen LogP contribution is -2.26. The maximum absolute atomic E-state index is 13.7. The molecule has 130 valence electrons. The molecule has 0 radical (unpaired) electrons. The van der Waals surface area contributed by atoms with E-state index in [1.165, 1.54) is 4.68 Å². The monoisotopic (exact) mass is 365 g/mol. The zero-order valence-electron chi connectivity index (χ0n) is 13.0. The number of tetrazole rings is 1. The van der Waals surface area contributed by atoms with Gasteiger partial charge in [0, 0.05) is 6.07 Å². The molecule has 1 heterocycles. The number of halogens is 2. The first kappa shape index (κ1) is 17.1.